The molecule has 0 spiro atoms. The number of hydrogen-bond donors (Lipinski definition) is 2. The van der Waals surface area contributed by atoms with E-state index in [9.17, 15) is 9.59 Å². The van der Waals surface area contributed by atoms with Gasteiger partial charge in [-0.1, -0.05) is 42.5 Å². The molecule has 0 unspecified atom stereocenters. The number of benzene rings is 2. The first-order valence-electron chi connectivity index (χ1n) is 8.32. The van der Waals surface area contributed by atoms with E-state index >= 15 is 0 Å². The van der Waals surface area contributed by atoms with Crippen LogP contribution >= 0.6 is 0 Å². The smallest absolute Gasteiger partial charge is 0.223 e. The molecule has 3 rings (SSSR count). The van der Waals surface area contributed by atoms with E-state index in [0.29, 0.717) is 12.5 Å². The van der Waals surface area contributed by atoms with Crippen molar-refractivity contribution in [2.24, 2.45) is 5.92 Å². The predicted molar refractivity (Wildman–Crippen MR) is 94.7 cm³/mol. The van der Waals surface area contributed by atoms with Crippen LogP contribution in [0.2, 0.25) is 0 Å². The molecule has 24 heavy (non-hydrogen) atoms. The molecule has 0 saturated heterocycles. The third-order valence-electron chi connectivity index (χ3n) is 4.34. The lowest BCUT2D eigenvalue weighted by atomic mass is 10.1. The van der Waals surface area contributed by atoms with Crippen LogP contribution in [0.15, 0.2) is 54.6 Å². The second-order valence-electron chi connectivity index (χ2n) is 6.28. The van der Waals surface area contributed by atoms with Crippen LogP contribution in [0, 0.1) is 5.92 Å². The Labute approximate surface area is 142 Å². The van der Waals surface area contributed by atoms with Gasteiger partial charge >= 0.3 is 0 Å². The highest BCUT2D eigenvalue weighted by molar-refractivity contribution is 5.88. The lowest BCUT2D eigenvalue weighted by molar-refractivity contribution is -0.122. The lowest BCUT2D eigenvalue weighted by Gasteiger charge is -2.07. The van der Waals surface area contributed by atoms with Crippen LogP contribution in [0.25, 0.3) is 0 Å². The van der Waals surface area contributed by atoms with E-state index in [-0.39, 0.29) is 17.7 Å². The highest BCUT2D eigenvalue weighted by Gasteiger charge is 2.43. The fraction of sp³-hybridized carbons (Fsp3) is 0.300. The van der Waals surface area contributed by atoms with Crippen LogP contribution < -0.4 is 10.6 Å². The molecule has 2 atom stereocenters. The molecule has 0 bridgehead atoms. The third-order valence-corrected chi connectivity index (χ3v) is 4.34. The summed E-state index contributed by atoms with van der Waals surface area (Å²) >= 11 is 0. The predicted octanol–water partition coefficient (Wildman–Crippen LogP) is 3.11. The van der Waals surface area contributed by atoms with Gasteiger partial charge in [-0.15, -0.1) is 0 Å². The summed E-state index contributed by atoms with van der Waals surface area (Å²) in [6.45, 7) is 2.13. The second kappa shape index (κ2) is 7.30. The molecule has 0 radical (unpaired) electrons. The van der Waals surface area contributed by atoms with Crippen molar-refractivity contribution in [2.45, 2.75) is 25.7 Å². The number of carbonyl (C=O) groups is 2. The third kappa shape index (κ3) is 4.22. The molecule has 2 aromatic carbocycles. The molecule has 0 aliphatic heterocycles. The zero-order valence-corrected chi connectivity index (χ0v) is 13.8. The Morgan fingerprint density at radius 1 is 1.04 bits per heavy atom. The molecule has 1 aliphatic carbocycles. The Morgan fingerprint density at radius 2 is 1.75 bits per heavy atom. The first-order chi connectivity index (χ1) is 11.6. The normalized spacial score (nSPS) is 18.7. The zero-order chi connectivity index (χ0) is 16.9. The molecule has 0 aromatic heterocycles. The van der Waals surface area contributed by atoms with E-state index in [1.807, 2.05) is 42.5 Å². The summed E-state index contributed by atoms with van der Waals surface area (Å²) in [6.07, 6.45) is 1.73. The Morgan fingerprint density at radius 3 is 2.42 bits per heavy atom. The van der Waals surface area contributed by atoms with Crippen molar-refractivity contribution >= 4 is 17.5 Å². The van der Waals surface area contributed by atoms with Gasteiger partial charge in [-0.05, 0) is 42.0 Å². The molecule has 2 N–H and O–H groups in total. The lowest BCUT2D eigenvalue weighted by Crippen LogP contribution is -2.27. The molecule has 1 saturated carbocycles. The number of carbonyl (C=O) groups excluding carboxylic acids is 2. The molecular weight excluding hydrogens is 300 g/mol. The Balaban J connectivity index is 1.42. The second-order valence-corrected chi connectivity index (χ2v) is 6.28. The van der Waals surface area contributed by atoms with Gasteiger partial charge in [0.15, 0.2) is 0 Å². The van der Waals surface area contributed by atoms with E-state index in [2.05, 4.69) is 22.8 Å². The fourth-order valence-electron chi connectivity index (χ4n) is 2.97. The van der Waals surface area contributed by atoms with E-state index in [1.54, 1.807) is 0 Å². The average molecular weight is 322 g/mol. The van der Waals surface area contributed by atoms with Gasteiger partial charge in [0.05, 0.1) is 0 Å². The minimum absolute atomic E-state index is 0.0765. The number of anilines is 1. The standard InChI is InChI=1S/C20H22N2O2/c1-14(23)22-17-9-7-15(8-10-17)11-12-21-20(24)19-13-18(19)16-5-3-2-4-6-16/h2-10,18-19H,11-13H2,1H3,(H,21,24)(H,22,23)/t18-,19-/m1/s1. The van der Waals surface area contributed by atoms with Crippen LogP contribution in [0.4, 0.5) is 5.69 Å². The molecule has 4 nitrogen and oxygen atoms in total. The quantitative estimate of drug-likeness (QED) is 0.858. The van der Waals surface area contributed by atoms with Crippen LogP contribution in [0.5, 0.6) is 0 Å². The molecule has 4 heteroatoms. The Kier molecular flexibility index (Phi) is 4.94. The van der Waals surface area contributed by atoms with Crippen LogP contribution in [-0.4, -0.2) is 18.4 Å². The number of nitrogens with one attached hydrogen (secondary N) is 2. The summed E-state index contributed by atoms with van der Waals surface area (Å²) < 4.78 is 0. The molecule has 124 valence electrons. The Bertz CT molecular complexity index is 710. The maximum atomic E-state index is 12.2. The summed E-state index contributed by atoms with van der Waals surface area (Å²) in [5, 5.41) is 5.77. The van der Waals surface area contributed by atoms with Gasteiger partial charge in [0.2, 0.25) is 11.8 Å². The van der Waals surface area contributed by atoms with Gasteiger partial charge in [0.25, 0.3) is 0 Å². The van der Waals surface area contributed by atoms with Crippen molar-refractivity contribution < 1.29 is 9.59 Å². The number of hydrogen-bond acceptors (Lipinski definition) is 2. The summed E-state index contributed by atoms with van der Waals surface area (Å²) in [7, 11) is 0. The molecule has 1 aliphatic rings. The van der Waals surface area contributed by atoms with Crippen LogP contribution in [0.3, 0.4) is 0 Å². The van der Waals surface area contributed by atoms with Crippen LogP contribution in [0.1, 0.15) is 30.4 Å². The number of rotatable bonds is 6. The van der Waals surface area contributed by atoms with Crippen molar-refractivity contribution in [2.75, 3.05) is 11.9 Å². The molecule has 1 fully saturated rings. The first-order valence-corrected chi connectivity index (χ1v) is 8.32. The van der Waals surface area contributed by atoms with Gasteiger partial charge in [0.1, 0.15) is 0 Å². The molecule has 2 aromatic rings. The van der Waals surface area contributed by atoms with Gasteiger partial charge in [-0.25, -0.2) is 0 Å². The fourth-order valence-corrected chi connectivity index (χ4v) is 2.97. The summed E-state index contributed by atoms with van der Waals surface area (Å²) in [5.74, 6) is 0.573. The minimum Gasteiger partial charge on any atom is -0.356 e. The first kappa shape index (κ1) is 16.2. The summed E-state index contributed by atoms with van der Waals surface area (Å²) in [5.41, 5.74) is 3.19. The van der Waals surface area contributed by atoms with Gasteiger partial charge < -0.3 is 10.6 Å². The van der Waals surface area contributed by atoms with E-state index < -0.39 is 0 Å². The zero-order valence-electron chi connectivity index (χ0n) is 13.8. The van der Waals surface area contributed by atoms with Gasteiger partial charge in [-0.2, -0.15) is 0 Å². The SMILES string of the molecule is CC(=O)Nc1ccc(CCNC(=O)[C@@H]2C[C@@H]2c2ccccc2)cc1. The van der Waals surface area contributed by atoms with E-state index in [0.717, 1.165) is 24.1 Å². The van der Waals surface area contributed by atoms with E-state index in [1.165, 1.54) is 12.5 Å². The highest BCUT2D eigenvalue weighted by Crippen LogP contribution is 2.47. The largest absolute Gasteiger partial charge is 0.356 e. The van der Waals surface area contributed by atoms with Crippen molar-refractivity contribution in [3.63, 3.8) is 0 Å². The summed E-state index contributed by atoms with van der Waals surface area (Å²) in [6, 6.07) is 17.9. The van der Waals surface area contributed by atoms with Crippen molar-refractivity contribution in [1.82, 2.24) is 5.32 Å². The minimum atomic E-state index is -0.0765. The molecule has 2 amide bonds. The molecule has 0 heterocycles. The monoisotopic (exact) mass is 322 g/mol. The average Bonchev–Trinajstić information content (AvgIpc) is 3.37. The van der Waals surface area contributed by atoms with Crippen molar-refractivity contribution in [3.8, 4) is 0 Å². The Hall–Kier alpha value is -2.62. The topological polar surface area (TPSA) is 58.2 Å². The number of amides is 2. The maximum absolute atomic E-state index is 12.2. The summed E-state index contributed by atoms with van der Waals surface area (Å²) in [4.78, 5) is 23.2. The van der Waals surface area contributed by atoms with E-state index in [4.69, 9.17) is 0 Å². The highest BCUT2D eigenvalue weighted by atomic mass is 16.2. The van der Waals surface area contributed by atoms with Gasteiger partial charge in [-0.3, -0.25) is 9.59 Å². The molecular formula is C20H22N2O2. The van der Waals surface area contributed by atoms with Crippen molar-refractivity contribution in [1.29, 1.82) is 0 Å². The van der Waals surface area contributed by atoms with Crippen LogP contribution in [-0.2, 0) is 16.0 Å². The van der Waals surface area contributed by atoms with Crippen molar-refractivity contribution in [3.05, 3.63) is 65.7 Å². The maximum Gasteiger partial charge on any atom is 0.223 e. The van der Waals surface area contributed by atoms with Gasteiger partial charge in [0, 0.05) is 25.1 Å².